The molecule has 2 saturated carbocycles. The highest BCUT2D eigenvalue weighted by molar-refractivity contribution is 5.14. The molecule has 3 atom stereocenters. The predicted molar refractivity (Wildman–Crippen MR) is 96.8 cm³/mol. The maximum Gasteiger partial charge on any atom is 0.0208 e. The van der Waals surface area contributed by atoms with Gasteiger partial charge in [-0.15, -0.1) is 0 Å². The summed E-state index contributed by atoms with van der Waals surface area (Å²) in [7, 11) is 0. The Balaban J connectivity index is 0.00000176. The van der Waals surface area contributed by atoms with Gasteiger partial charge in [0.1, 0.15) is 0 Å². The number of hydrogen-bond acceptors (Lipinski definition) is 1. The van der Waals surface area contributed by atoms with Gasteiger partial charge in [-0.05, 0) is 67.8 Å². The van der Waals surface area contributed by atoms with Gasteiger partial charge >= 0.3 is 0 Å². The van der Waals surface area contributed by atoms with Crippen LogP contribution in [-0.4, -0.2) is 6.04 Å². The number of benzene rings is 1. The third-order valence-electron chi connectivity index (χ3n) is 6.05. The fourth-order valence-corrected chi connectivity index (χ4v) is 5.39. The summed E-state index contributed by atoms with van der Waals surface area (Å²) < 4.78 is 0. The highest BCUT2D eigenvalue weighted by Gasteiger charge is 2.46. The maximum absolute atomic E-state index is 3.86. The van der Waals surface area contributed by atoms with Crippen LogP contribution < -0.4 is 5.32 Å². The zero-order chi connectivity index (χ0) is 14.9. The fourth-order valence-electron chi connectivity index (χ4n) is 5.39. The predicted octanol–water partition coefficient (Wildman–Crippen LogP) is 5.65. The SMILES string of the molecule is C.CC1CC2CC(C)CC(C(C)NCc3ccccc3)(C1)C2. The molecule has 0 aliphatic heterocycles. The molecule has 2 aliphatic rings. The molecule has 0 heterocycles. The van der Waals surface area contributed by atoms with Gasteiger partial charge in [0.15, 0.2) is 0 Å². The zero-order valence-electron chi connectivity index (χ0n) is 13.9. The second-order valence-corrected chi connectivity index (χ2v) is 8.11. The minimum absolute atomic E-state index is 0. The Kier molecular flexibility index (Phi) is 5.71. The molecule has 3 rings (SSSR count). The van der Waals surface area contributed by atoms with E-state index in [4.69, 9.17) is 0 Å². The Labute approximate surface area is 137 Å². The Morgan fingerprint density at radius 2 is 1.64 bits per heavy atom. The Bertz CT molecular complexity index is 433. The molecule has 124 valence electrons. The summed E-state index contributed by atoms with van der Waals surface area (Å²) in [5.41, 5.74) is 1.96. The molecule has 0 radical (unpaired) electrons. The van der Waals surface area contributed by atoms with Crippen molar-refractivity contribution in [2.45, 2.75) is 72.9 Å². The van der Waals surface area contributed by atoms with E-state index in [1.54, 1.807) is 0 Å². The van der Waals surface area contributed by atoms with Gasteiger partial charge < -0.3 is 5.32 Å². The van der Waals surface area contributed by atoms with Crippen molar-refractivity contribution < 1.29 is 0 Å². The lowest BCUT2D eigenvalue weighted by Crippen LogP contribution is -2.50. The molecular formula is C21H35N. The molecule has 1 nitrogen and oxygen atoms in total. The molecule has 1 aromatic rings. The minimum atomic E-state index is 0. The van der Waals surface area contributed by atoms with Gasteiger partial charge in [-0.1, -0.05) is 51.6 Å². The normalized spacial score (nSPS) is 35.5. The first kappa shape index (κ1) is 17.5. The van der Waals surface area contributed by atoms with Crippen LogP contribution in [0.15, 0.2) is 30.3 Å². The molecule has 0 spiro atoms. The summed E-state index contributed by atoms with van der Waals surface area (Å²) in [6.07, 6.45) is 7.26. The summed E-state index contributed by atoms with van der Waals surface area (Å²) in [5, 5.41) is 3.86. The maximum atomic E-state index is 3.86. The lowest BCUT2D eigenvalue weighted by molar-refractivity contribution is -0.00789. The van der Waals surface area contributed by atoms with E-state index >= 15 is 0 Å². The molecule has 2 fully saturated rings. The van der Waals surface area contributed by atoms with Crippen molar-refractivity contribution in [1.29, 1.82) is 0 Å². The van der Waals surface area contributed by atoms with Gasteiger partial charge in [-0.3, -0.25) is 0 Å². The van der Waals surface area contributed by atoms with E-state index in [1.165, 1.54) is 37.7 Å². The van der Waals surface area contributed by atoms with Crippen molar-refractivity contribution >= 4 is 0 Å². The van der Waals surface area contributed by atoms with Gasteiger partial charge in [0.25, 0.3) is 0 Å². The molecule has 2 aliphatic carbocycles. The van der Waals surface area contributed by atoms with Crippen molar-refractivity contribution in [1.82, 2.24) is 5.32 Å². The molecule has 3 unspecified atom stereocenters. The first-order valence-electron chi connectivity index (χ1n) is 8.85. The third-order valence-corrected chi connectivity index (χ3v) is 6.05. The summed E-state index contributed by atoms with van der Waals surface area (Å²) >= 11 is 0. The molecular weight excluding hydrogens is 266 g/mol. The first-order valence-corrected chi connectivity index (χ1v) is 8.85. The quantitative estimate of drug-likeness (QED) is 0.757. The molecule has 0 saturated heterocycles. The Hall–Kier alpha value is -0.820. The topological polar surface area (TPSA) is 12.0 Å². The van der Waals surface area contributed by atoms with Crippen LogP contribution >= 0.6 is 0 Å². The monoisotopic (exact) mass is 301 g/mol. The van der Waals surface area contributed by atoms with Gasteiger partial charge in [0.2, 0.25) is 0 Å². The Morgan fingerprint density at radius 1 is 1.05 bits per heavy atom. The van der Waals surface area contributed by atoms with E-state index in [1.807, 2.05) is 0 Å². The van der Waals surface area contributed by atoms with Crippen molar-refractivity contribution in [2.24, 2.45) is 23.2 Å². The molecule has 0 amide bonds. The number of nitrogens with one attached hydrogen (secondary N) is 1. The van der Waals surface area contributed by atoms with Crippen molar-refractivity contribution in [2.75, 3.05) is 0 Å². The summed E-state index contributed by atoms with van der Waals surface area (Å²) in [6, 6.07) is 11.5. The highest BCUT2D eigenvalue weighted by Crippen LogP contribution is 2.54. The molecule has 1 aromatic carbocycles. The van der Waals surface area contributed by atoms with Crippen LogP contribution in [0.5, 0.6) is 0 Å². The van der Waals surface area contributed by atoms with Crippen LogP contribution in [0.3, 0.4) is 0 Å². The van der Waals surface area contributed by atoms with E-state index in [-0.39, 0.29) is 7.43 Å². The number of rotatable bonds is 4. The fraction of sp³-hybridized carbons (Fsp3) is 0.714. The third kappa shape index (κ3) is 3.74. The van der Waals surface area contributed by atoms with E-state index in [9.17, 15) is 0 Å². The van der Waals surface area contributed by atoms with Gasteiger partial charge in [0, 0.05) is 12.6 Å². The molecule has 1 heteroatoms. The second-order valence-electron chi connectivity index (χ2n) is 8.11. The van der Waals surface area contributed by atoms with Crippen LogP contribution in [0, 0.1) is 23.2 Å². The second kappa shape index (κ2) is 7.17. The van der Waals surface area contributed by atoms with Crippen LogP contribution in [0.4, 0.5) is 0 Å². The van der Waals surface area contributed by atoms with Crippen LogP contribution in [-0.2, 0) is 6.54 Å². The van der Waals surface area contributed by atoms with Gasteiger partial charge in [0.05, 0.1) is 0 Å². The average molecular weight is 302 g/mol. The van der Waals surface area contributed by atoms with E-state index in [2.05, 4.69) is 56.4 Å². The summed E-state index contributed by atoms with van der Waals surface area (Å²) in [5.74, 6) is 2.81. The lowest BCUT2D eigenvalue weighted by Gasteiger charge is -2.53. The standard InChI is InChI=1S/C20H31N.CH4/c1-15-9-19-10-16(2)12-20(11-15,13-19)17(3)21-14-18-7-5-4-6-8-18;/h4-8,15-17,19,21H,9-14H2,1-3H3;1H4. The smallest absolute Gasteiger partial charge is 0.0208 e. The van der Waals surface area contributed by atoms with Gasteiger partial charge in [-0.25, -0.2) is 0 Å². The lowest BCUT2D eigenvalue weighted by atomic mass is 9.54. The van der Waals surface area contributed by atoms with E-state index in [0.29, 0.717) is 11.5 Å². The molecule has 22 heavy (non-hydrogen) atoms. The minimum Gasteiger partial charge on any atom is -0.310 e. The van der Waals surface area contributed by atoms with Crippen molar-refractivity contribution in [3.63, 3.8) is 0 Å². The zero-order valence-corrected chi connectivity index (χ0v) is 13.9. The first-order chi connectivity index (χ1) is 10.1. The molecule has 0 aromatic heterocycles. The molecule has 2 bridgehead atoms. The summed E-state index contributed by atoms with van der Waals surface area (Å²) in [4.78, 5) is 0. The Morgan fingerprint density at radius 3 is 2.23 bits per heavy atom. The molecule has 1 N–H and O–H groups in total. The van der Waals surface area contributed by atoms with Crippen molar-refractivity contribution in [3.05, 3.63) is 35.9 Å². The van der Waals surface area contributed by atoms with Gasteiger partial charge in [-0.2, -0.15) is 0 Å². The number of fused-ring (bicyclic) bond motifs is 2. The largest absolute Gasteiger partial charge is 0.310 e. The highest BCUT2D eigenvalue weighted by atomic mass is 14.9. The average Bonchev–Trinajstić information content (AvgIpc) is 2.44. The van der Waals surface area contributed by atoms with E-state index < -0.39 is 0 Å². The summed E-state index contributed by atoms with van der Waals surface area (Å²) in [6.45, 7) is 8.40. The van der Waals surface area contributed by atoms with E-state index in [0.717, 1.165) is 24.3 Å². The van der Waals surface area contributed by atoms with Crippen molar-refractivity contribution in [3.8, 4) is 0 Å². The van der Waals surface area contributed by atoms with Crippen LogP contribution in [0.2, 0.25) is 0 Å². The number of hydrogen-bond donors (Lipinski definition) is 1. The van der Waals surface area contributed by atoms with Crippen LogP contribution in [0.25, 0.3) is 0 Å². The van der Waals surface area contributed by atoms with Crippen LogP contribution in [0.1, 0.15) is 65.9 Å².